The highest BCUT2D eigenvalue weighted by molar-refractivity contribution is 9.10. The highest BCUT2D eigenvalue weighted by atomic mass is 79.9. The van der Waals surface area contributed by atoms with E-state index in [1.807, 2.05) is 62.6 Å². The minimum Gasteiger partial charge on any atom is -0.446 e. The molecular weight excluding hydrogens is 428 g/mol. The monoisotopic (exact) mass is 448 g/mol. The summed E-state index contributed by atoms with van der Waals surface area (Å²) in [6, 6.07) is 9.79. The molecule has 0 aliphatic carbocycles. The van der Waals surface area contributed by atoms with Gasteiger partial charge in [-0.05, 0) is 73.0 Å². The van der Waals surface area contributed by atoms with E-state index in [1.54, 1.807) is 0 Å². The number of hydrogen-bond acceptors (Lipinski definition) is 5. The molecule has 0 radical (unpaired) electrons. The van der Waals surface area contributed by atoms with E-state index in [9.17, 15) is 4.79 Å². The third kappa shape index (κ3) is 4.62. The third-order valence-corrected chi connectivity index (χ3v) is 5.34. The largest absolute Gasteiger partial charge is 0.446 e. The Balaban J connectivity index is 1.73. The predicted molar refractivity (Wildman–Crippen MR) is 111 cm³/mol. The van der Waals surface area contributed by atoms with Crippen molar-refractivity contribution in [2.45, 2.75) is 38.9 Å². The van der Waals surface area contributed by atoms with E-state index in [0.29, 0.717) is 21.4 Å². The first-order valence-electron chi connectivity index (χ1n) is 8.55. The van der Waals surface area contributed by atoms with Gasteiger partial charge in [-0.2, -0.15) is 0 Å². The van der Waals surface area contributed by atoms with E-state index in [-0.39, 0.29) is 17.7 Å². The van der Waals surface area contributed by atoms with Crippen LogP contribution in [-0.2, 0) is 4.79 Å². The summed E-state index contributed by atoms with van der Waals surface area (Å²) in [5, 5.41) is 12.2. The van der Waals surface area contributed by atoms with Crippen molar-refractivity contribution in [1.29, 1.82) is 0 Å². The number of carbonyl (C=O) groups excluding carboxylic acids is 1. The van der Waals surface area contributed by atoms with Crippen LogP contribution in [0.3, 0.4) is 0 Å². The number of thioether (sulfide) groups is 1. The van der Waals surface area contributed by atoms with Crippen molar-refractivity contribution in [1.82, 2.24) is 14.8 Å². The van der Waals surface area contributed by atoms with Crippen LogP contribution in [0.4, 0.5) is 5.69 Å². The van der Waals surface area contributed by atoms with Crippen LogP contribution in [0.15, 0.2) is 44.6 Å². The minimum atomic E-state index is -0.0747. The van der Waals surface area contributed by atoms with E-state index < -0.39 is 0 Å². The molecule has 3 rings (SSSR count). The lowest BCUT2D eigenvalue weighted by Crippen LogP contribution is -2.15. The molecule has 27 heavy (non-hydrogen) atoms. The fourth-order valence-corrected chi connectivity index (χ4v) is 3.80. The average molecular weight is 449 g/mol. The van der Waals surface area contributed by atoms with Crippen LogP contribution < -0.4 is 5.32 Å². The molecular formula is C19H21BrN4O2S. The number of rotatable bonds is 6. The van der Waals surface area contributed by atoms with Gasteiger partial charge in [-0.25, -0.2) is 0 Å². The van der Waals surface area contributed by atoms with Crippen molar-refractivity contribution in [3.05, 3.63) is 46.1 Å². The first-order chi connectivity index (χ1) is 12.8. The number of nitrogens with zero attached hydrogens (tertiary/aromatic N) is 3. The van der Waals surface area contributed by atoms with Gasteiger partial charge >= 0.3 is 0 Å². The van der Waals surface area contributed by atoms with Gasteiger partial charge in [0.25, 0.3) is 0 Å². The summed E-state index contributed by atoms with van der Waals surface area (Å²) in [5.74, 6) is 1.46. The lowest BCUT2D eigenvalue weighted by atomic mass is 10.1. The van der Waals surface area contributed by atoms with Gasteiger partial charge in [0, 0.05) is 11.7 Å². The molecule has 8 heteroatoms. The number of anilines is 1. The van der Waals surface area contributed by atoms with Crippen LogP contribution in [0, 0.1) is 13.8 Å². The highest BCUT2D eigenvalue weighted by Crippen LogP contribution is 2.30. The number of carbonyl (C=O) groups is 1. The maximum absolute atomic E-state index is 12.4. The number of halogens is 1. The van der Waals surface area contributed by atoms with E-state index in [1.165, 1.54) is 11.8 Å². The normalized spacial score (nSPS) is 11.2. The molecule has 0 fully saturated rings. The molecule has 0 unspecified atom stereocenters. The molecule has 0 saturated heterocycles. The van der Waals surface area contributed by atoms with Gasteiger partial charge in [0.15, 0.2) is 15.6 Å². The second-order valence-electron chi connectivity index (χ2n) is 6.53. The number of nitrogens with one attached hydrogen (secondary N) is 1. The molecule has 1 amide bonds. The third-order valence-electron chi connectivity index (χ3n) is 3.97. The van der Waals surface area contributed by atoms with Gasteiger partial charge in [-0.15, -0.1) is 10.2 Å². The zero-order valence-corrected chi connectivity index (χ0v) is 18.0. The smallest absolute Gasteiger partial charge is 0.234 e. The standard InChI is InChI=1S/C19H21BrN4O2S/c1-11(2)24-18(15-7-8-16(20)26-15)22-23-19(24)27-10-17(25)21-14-9-12(3)5-6-13(14)4/h5-9,11H,10H2,1-4H3,(H,21,25). The summed E-state index contributed by atoms with van der Waals surface area (Å²) in [5.41, 5.74) is 2.99. The number of amides is 1. The van der Waals surface area contributed by atoms with E-state index >= 15 is 0 Å². The fourth-order valence-electron chi connectivity index (χ4n) is 2.63. The molecule has 0 spiro atoms. The van der Waals surface area contributed by atoms with Crippen LogP contribution in [0.5, 0.6) is 0 Å². The summed E-state index contributed by atoms with van der Waals surface area (Å²) in [6.07, 6.45) is 0. The van der Waals surface area contributed by atoms with Crippen LogP contribution in [0.1, 0.15) is 31.0 Å². The van der Waals surface area contributed by atoms with Crippen LogP contribution in [0.2, 0.25) is 0 Å². The molecule has 3 aromatic rings. The summed E-state index contributed by atoms with van der Waals surface area (Å²) in [6.45, 7) is 8.07. The number of hydrogen-bond donors (Lipinski definition) is 1. The maximum atomic E-state index is 12.4. The minimum absolute atomic E-state index is 0.0747. The molecule has 0 saturated carbocycles. The Morgan fingerprint density at radius 2 is 2.04 bits per heavy atom. The maximum Gasteiger partial charge on any atom is 0.234 e. The lowest BCUT2D eigenvalue weighted by Gasteiger charge is -2.13. The predicted octanol–water partition coefficient (Wildman–Crippen LogP) is 5.23. The molecule has 0 bridgehead atoms. The Kier molecular flexibility index (Phi) is 6.06. The molecule has 1 aromatic carbocycles. The van der Waals surface area contributed by atoms with Crippen LogP contribution in [-0.4, -0.2) is 26.4 Å². The highest BCUT2D eigenvalue weighted by Gasteiger charge is 2.20. The summed E-state index contributed by atoms with van der Waals surface area (Å²) < 4.78 is 8.22. The summed E-state index contributed by atoms with van der Waals surface area (Å²) in [7, 11) is 0. The molecule has 1 N–H and O–H groups in total. The second-order valence-corrected chi connectivity index (χ2v) is 8.25. The van der Waals surface area contributed by atoms with Gasteiger partial charge < -0.3 is 9.73 Å². The zero-order valence-electron chi connectivity index (χ0n) is 15.6. The summed E-state index contributed by atoms with van der Waals surface area (Å²) >= 11 is 4.67. The molecule has 6 nitrogen and oxygen atoms in total. The first kappa shape index (κ1) is 19.7. The molecule has 142 valence electrons. The molecule has 2 heterocycles. The Labute approximate surface area is 170 Å². The Morgan fingerprint density at radius 3 is 2.70 bits per heavy atom. The molecule has 0 aliphatic heterocycles. The van der Waals surface area contributed by atoms with Crippen molar-refractivity contribution in [3.8, 4) is 11.6 Å². The Bertz CT molecular complexity index is 965. The van der Waals surface area contributed by atoms with Crippen molar-refractivity contribution in [3.63, 3.8) is 0 Å². The van der Waals surface area contributed by atoms with E-state index in [0.717, 1.165) is 16.8 Å². The van der Waals surface area contributed by atoms with Crippen LogP contribution in [0.25, 0.3) is 11.6 Å². The number of aromatic nitrogens is 3. The van der Waals surface area contributed by atoms with E-state index in [2.05, 4.69) is 31.4 Å². The van der Waals surface area contributed by atoms with Gasteiger partial charge in [0.1, 0.15) is 0 Å². The number of aryl methyl sites for hydroxylation is 2. The van der Waals surface area contributed by atoms with Crippen molar-refractivity contribution < 1.29 is 9.21 Å². The van der Waals surface area contributed by atoms with Gasteiger partial charge in [0.2, 0.25) is 11.7 Å². The quantitative estimate of drug-likeness (QED) is 0.522. The molecule has 0 aliphatic rings. The van der Waals surface area contributed by atoms with Crippen molar-refractivity contribution >= 4 is 39.3 Å². The summed E-state index contributed by atoms with van der Waals surface area (Å²) in [4.78, 5) is 12.4. The number of furan rings is 1. The van der Waals surface area contributed by atoms with Crippen molar-refractivity contribution in [2.24, 2.45) is 0 Å². The van der Waals surface area contributed by atoms with Gasteiger partial charge in [-0.3, -0.25) is 9.36 Å². The molecule has 2 aromatic heterocycles. The Hall–Kier alpha value is -2.06. The average Bonchev–Trinajstić information content (AvgIpc) is 3.22. The number of benzene rings is 1. The Morgan fingerprint density at radius 1 is 1.26 bits per heavy atom. The molecule has 0 atom stereocenters. The second kappa shape index (κ2) is 8.31. The first-order valence-corrected chi connectivity index (χ1v) is 10.3. The van der Waals surface area contributed by atoms with E-state index in [4.69, 9.17) is 4.42 Å². The topological polar surface area (TPSA) is 73.0 Å². The van der Waals surface area contributed by atoms with Gasteiger partial charge in [-0.1, -0.05) is 23.9 Å². The van der Waals surface area contributed by atoms with Crippen LogP contribution >= 0.6 is 27.7 Å². The SMILES string of the molecule is Cc1ccc(C)c(NC(=O)CSc2nnc(-c3ccc(Br)o3)n2C(C)C)c1. The lowest BCUT2D eigenvalue weighted by molar-refractivity contribution is -0.113. The van der Waals surface area contributed by atoms with Crippen molar-refractivity contribution in [2.75, 3.05) is 11.1 Å². The fraction of sp³-hybridized carbons (Fsp3) is 0.316. The zero-order chi connectivity index (χ0) is 19.6. The van der Waals surface area contributed by atoms with Gasteiger partial charge in [0.05, 0.1) is 5.75 Å².